The van der Waals surface area contributed by atoms with Gasteiger partial charge >= 0.3 is 0 Å². The number of thiazole rings is 1. The number of carbonyl (C=O) groups is 1. The van der Waals surface area contributed by atoms with E-state index in [0.29, 0.717) is 19.6 Å². The van der Waals surface area contributed by atoms with Gasteiger partial charge in [0, 0.05) is 37.9 Å². The van der Waals surface area contributed by atoms with Crippen LogP contribution in [0.25, 0.3) is 0 Å². The second-order valence-corrected chi connectivity index (χ2v) is 6.65. The maximum atomic E-state index is 12.8. The number of amides is 1. The number of aryl methyl sites for hydroxylation is 1. The van der Waals surface area contributed by atoms with Crippen molar-refractivity contribution in [1.29, 1.82) is 0 Å². The molecular weight excluding hydrogens is 314 g/mol. The molecule has 2 aromatic heterocycles. The van der Waals surface area contributed by atoms with Gasteiger partial charge in [-0.25, -0.2) is 4.98 Å². The summed E-state index contributed by atoms with van der Waals surface area (Å²) >= 11 is 1.47. The molecule has 124 valence electrons. The van der Waals surface area contributed by atoms with E-state index in [9.17, 15) is 4.79 Å². The quantitative estimate of drug-likeness (QED) is 0.808. The van der Waals surface area contributed by atoms with Gasteiger partial charge in [-0.2, -0.15) is 5.10 Å². The summed E-state index contributed by atoms with van der Waals surface area (Å²) in [6.45, 7) is 2.97. The summed E-state index contributed by atoms with van der Waals surface area (Å²) in [4.78, 5) is 21.0. The van der Waals surface area contributed by atoms with Crippen LogP contribution in [-0.2, 0) is 23.0 Å². The molecule has 1 atom stereocenters. The van der Waals surface area contributed by atoms with Crippen molar-refractivity contribution >= 4 is 22.4 Å². The van der Waals surface area contributed by atoms with E-state index in [1.807, 2.05) is 18.6 Å². The van der Waals surface area contributed by atoms with E-state index in [4.69, 9.17) is 4.74 Å². The minimum atomic E-state index is 0.00972. The summed E-state index contributed by atoms with van der Waals surface area (Å²) in [6.07, 6.45) is 5.63. The van der Waals surface area contributed by atoms with Gasteiger partial charge < -0.3 is 9.64 Å². The van der Waals surface area contributed by atoms with Crippen LogP contribution in [-0.4, -0.2) is 65.0 Å². The number of carbonyl (C=O) groups excluding carboxylic acids is 1. The van der Waals surface area contributed by atoms with Gasteiger partial charge in [0.15, 0.2) is 5.13 Å². The lowest BCUT2D eigenvalue weighted by molar-refractivity contribution is -0.118. The molecule has 8 heteroatoms. The highest BCUT2D eigenvalue weighted by molar-refractivity contribution is 7.13. The Morgan fingerprint density at radius 1 is 1.52 bits per heavy atom. The van der Waals surface area contributed by atoms with E-state index in [2.05, 4.69) is 22.0 Å². The minimum absolute atomic E-state index is 0.00972. The lowest BCUT2D eigenvalue weighted by Gasteiger charge is -2.33. The monoisotopic (exact) mass is 335 g/mol. The lowest BCUT2D eigenvalue weighted by Crippen LogP contribution is -2.48. The number of anilines is 1. The Hall–Kier alpha value is -1.77. The molecule has 1 aliphatic heterocycles. The number of morpholine rings is 1. The van der Waals surface area contributed by atoms with Crippen LogP contribution in [0.5, 0.6) is 0 Å². The Labute approximate surface area is 139 Å². The number of hydrogen-bond donors (Lipinski definition) is 0. The van der Waals surface area contributed by atoms with E-state index in [1.165, 1.54) is 11.3 Å². The fourth-order valence-corrected chi connectivity index (χ4v) is 3.32. The highest BCUT2D eigenvalue weighted by Crippen LogP contribution is 2.20. The van der Waals surface area contributed by atoms with Gasteiger partial charge in [-0.3, -0.25) is 14.4 Å². The molecule has 0 spiro atoms. The van der Waals surface area contributed by atoms with Crippen LogP contribution in [0.4, 0.5) is 5.13 Å². The van der Waals surface area contributed by atoms with E-state index in [0.717, 1.165) is 23.8 Å². The molecule has 0 bridgehead atoms. The molecule has 0 aliphatic carbocycles. The molecule has 0 aromatic carbocycles. The third-order valence-corrected chi connectivity index (χ3v) is 4.59. The zero-order valence-corrected chi connectivity index (χ0v) is 14.2. The topological polar surface area (TPSA) is 63.5 Å². The van der Waals surface area contributed by atoms with E-state index < -0.39 is 0 Å². The first-order valence-electron chi connectivity index (χ1n) is 7.59. The maximum Gasteiger partial charge on any atom is 0.233 e. The van der Waals surface area contributed by atoms with Gasteiger partial charge in [0.05, 0.1) is 31.9 Å². The van der Waals surface area contributed by atoms with Gasteiger partial charge in [0.25, 0.3) is 0 Å². The summed E-state index contributed by atoms with van der Waals surface area (Å²) < 4.78 is 7.51. The highest BCUT2D eigenvalue weighted by atomic mass is 32.1. The van der Waals surface area contributed by atoms with Crippen LogP contribution in [0.15, 0.2) is 24.0 Å². The molecule has 1 amide bonds. The van der Waals surface area contributed by atoms with Gasteiger partial charge in [0.2, 0.25) is 5.91 Å². The van der Waals surface area contributed by atoms with E-state index in [1.54, 1.807) is 22.0 Å². The number of rotatable bonds is 5. The highest BCUT2D eigenvalue weighted by Gasteiger charge is 2.26. The van der Waals surface area contributed by atoms with Crippen molar-refractivity contribution in [2.24, 2.45) is 7.05 Å². The van der Waals surface area contributed by atoms with Crippen LogP contribution in [0.3, 0.4) is 0 Å². The maximum absolute atomic E-state index is 12.8. The first-order chi connectivity index (χ1) is 11.1. The molecule has 0 N–H and O–H groups in total. The van der Waals surface area contributed by atoms with Crippen molar-refractivity contribution in [1.82, 2.24) is 19.7 Å². The predicted octanol–water partition coefficient (Wildman–Crippen LogP) is 0.783. The third kappa shape index (κ3) is 4.15. The second-order valence-electron chi connectivity index (χ2n) is 5.77. The van der Waals surface area contributed by atoms with Crippen molar-refractivity contribution in [2.45, 2.75) is 12.5 Å². The fourth-order valence-electron chi connectivity index (χ4n) is 2.65. The molecule has 23 heavy (non-hydrogen) atoms. The smallest absolute Gasteiger partial charge is 0.233 e. The molecule has 0 saturated carbocycles. The molecule has 2 aromatic rings. The average molecular weight is 335 g/mol. The van der Waals surface area contributed by atoms with Crippen molar-refractivity contribution < 1.29 is 9.53 Å². The first kappa shape index (κ1) is 16.1. The Balaban J connectivity index is 1.71. The van der Waals surface area contributed by atoms with E-state index >= 15 is 0 Å². The Bertz CT molecular complexity index is 642. The second kappa shape index (κ2) is 7.20. The summed E-state index contributed by atoms with van der Waals surface area (Å²) in [5.74, 6) is 0.0183. The van der Waals surface area contributed by atoms with Gasteiger partial charge in [0.1, 0.15) is 0 Å². The van der Waals surface area contributed by atoms with Crippen molar-refractivity contribution in [3.05, 3.63) is 29.5 Å². The summed E-state index contributed by atoms with van der Waals surface area (Å²) in [6, 6.07) is 0. The third-order valence-electron chi connectivity index (χ3n) is 3.79. The number of nitrogens with zero attached hydrogens (tertiary/aromatic N) is 5. The Kier molecular flexibility index (Phi) is 5.04. The van der Waals surface area contributed by atoms with Crippen molar-refractivity contribution in [2.75, 3.05) is 38.2 Å². The molecule has 1 aliphatic rings. The lowest BCUT2D eigenvalue weighted by atomic mass is 10.2. The zero-order chi connectivity index (χ0) is 16.2. The number of aromatic nitrogens is 3. The molecule has 1 saturated heterocycles. The fraction of sp³-hybridized carbons (Fsp3) is 0.533. The van der Waals surface area contributed by atoms with Crippen LogP contribution >= 0.6 is 11.3 Å². The van der Waals surface area contributed by atoms with Crippen LogP contribution < -0.4 is 4.90 Å². The average Bonchev–Trinajstić information content (AvgIpc) is 3.17. The summed E-state index contributed by atoms with van der Waals surface area (Å²) in [5, 5.41) is 6.72. The number of ether oxygens (including phenoxy) is 1. The molecule has 0 radical (unpaired) electrons. The standard InChI is InChI=1S/C15H21N5O2S/c1-18-4-5-22-13(10-18)11-20(15-16-3-6-23-15)14(21)7-12-8-17-19(2)9-12/h3,6,8-9,13H,4-5,7,10-11H2,1-2H3. The minimum Gasteiger partial charge on any atom is -0.374 e. The Morgan fingerprint density at radius 3 is 3.04 bits per heavy atom. The summed E-state index contributed by atoms with van der Waals surface area (Å²) in [7, 11) is 3.92. The van der Waals surface area contributed by atoms with Crippen molar-refractivity contribution in [3.8, 4) is 0 Å². The molecule has 7 nitrogen and oxygen atoms in total. The molecule has 3 heterocycles. The molecule has 1 unspecified atom stereocenters. The van der Waals surface area contributed by atoms with E-state index in [-0.39, 0.29) is 12.0 Å². The van der Waals surface area contributed by atoms with Crippen molar-refractivity contribution in [3.63, 3.8) is 0 Å². The molecule has 1 fully saturated rings. The normalized spacial score (nSPS) is 19.0. The summed E-state index contributed by atoms with van der Waals surface area (Å²) in [5.41, 5.74) is 0.903. The predicted molar refractivity (Wildman–Crippen MR) is 88.6 cm³/mol. The molecular formula is C15H21N5O2S. The zero-order valence-electron chi connectivity index (χ0n) is 13.4. The SMILES string of the molecule is CN1CCOC(CN(C(=O)Cc2cnn(C)c2)c2nccs2)C1. The van der Waals surface area contributed by atoms with Gasteiger partial charge in [-0.1, -0.05) is 0 Å². The van der Waals surface area contributed by atoms with Gasteiger partial charge in [-0.05, 0) is 12.6 Å². The number of hydrogen-bond acceptors (Lipinski definition) is 6. The Morgan fingerprint density at radius 2 is 2.39 bits per heavy atom. The first-order valence-corrected chi connectivity index (χ1v) is 8.47. The van der Waals surface area contributed by atoms with Crippen LogP contribution in [0.1, 0.15) is 5.56 Å². The molecule has 3 rings (SSSR count). The van der Waals surface area contributed by atoms with Crippen LogP contribution in [0.2, 0.25) is 0 Å². The largest absolute Gasteiger partial charge is 0.374 e. The van der Waals surface area contributed by atoms with Crippen LogP contribution in [0, 0.1) is 0 Å². The number of likely N-dealkylation sites (N-methyl/N-ethyl adjacent to an activating group) is 1. The van der Waals surface area contributed by atoms with Gasteiger partial charge in [-0.15, -0.1) is 11.3 Å².